The van der Waals surface area contributed by atoms with E-state index in [2.05, 4.69) is 6.07 Å². The second kappa shape index (κ2) is 3.91. The van der Waals surface area contributed by atoms with Crippen LogP contribution in [-0.4, -0.2) is 19.3 Å². The van der Waals surface area contributed by atoms with Crippen molar-refractivity contribution in [2.45, 2.75) is 37.1 Å². The molecule has 1 saturated carbocycles. The smallest absolute Gasteiger partial charge is 0.164 e. The molecule has 0 amide bonds. The van der Waals surface area contributed by atoms with Gasteiger partial charge in [0.2, 0.25) is 0 Å². The van der Waals surface area contributed by atoms with Crippen LogP contribution < -0.4 is 15.2 Å². The number of nitrogens with two attached hydrogens (primary N) is 1. The van der Waals surface area contributed by atoms with E-state index >= 15 is 0 Å². The number of para-hydroxylation sites is 1. The second-order valence-electron chi connectivity index (χ2n) is 5.28. The van der Waals surface area contributed by atoms with Crippen molar-refractivity contribution in [3.05, 3.63) is 23.8 Å². The number of methoxy groups -OCH3 is 1. The lowest BCUT2D eigenvalue weighted by molar-refractivity contribution is 0.243. The summed E-state index contributed by atoms with van der Waals surface area (Å²) in [5.74, 6) is 2.30. The molecule has 3 heteroatoms. The van der Waals surface area contributed by atoms with Crippen molar-refractivity contribution in [3.8, 4) is 11.5 Å². The van der Waals surface area contributed by atoms with Gasteiger partial charge in [-0.15, -0.1) is 0 Å². The van der Waals surface area contributed by atoms with Gasteiger partial charge in [0, 0.05) is 11.1 Å². The molecule has 1 atom stereocenters. The van der Waals surface area contributed by atoms with Crippen molar-refractivity contribution in [2.24, 2.45) is 5.73 Å². The summed E-state index contributed by atoms with van der Waals surface area (Å²) in [5.41, 5.74) is 7.60. The first-order chi connectivity index (χ1) is 8.22. The summed E-state index contributed by atoms with van der Waals surface area (Å²) in [4.78, 5) is 0. The lowest BCUT2D eigenvalue weighted by Gasteiger charge is -2.28. The number of hydrogen-bond acceptors (Lipinski definition) is 3. The minimum Gasteiger partial charge on any atom is -0.493 e. The van der Waals surface area contributed by atoms with E-state index in [0.717, 1.165) is 30.9 Å². The number of benzene rings is 1. The Labute approximate surface area is 102 Å². The first kappa shape index (κ1) is 10.9. The maximum absolute atomic E-state index is 6.23. The van der Waals surface area contributed by atoms with Crippen LogP contribution in [0.5, 0.6) is 11.5 Å². The molecule has 0 bridgehead atoms. The Bertz CT molecular complexity index is 426. The molecule has 1 aromatic carbocycles. The standard InChI is InChI=1S/C14H19NO2/c1-16-12-4-2-3-11-10(5-8-17-13(11)12)9-14(15)6-7-14/h2-4,10H,5-9,15H2,1H3. The molecular formula is C14H19NO2. The average Bonchev–Trinajstić information content (AvgIpc) is 3.07. The summed E-state index contributed by atoms with van der Waals surface area (Å²) in [6, 6.07) is 6.14. The van der Waals surface area contributed by atoms with Crippen molar-refractivity contribution in [3.63, 3.8) is 0 Å². The Balaban J connectivity index is 1.90. The van der Waals surface area contributed by atoms with Crippen LogP contribution in [0.3, 0.4) is 0 Å². The fraction of sp³-hybridized carbons (Fsp3) is 0.571. The van der Waals surface area contributed by atoms with Gasteiger partial charge in [-0.3, -0.25) is 0 Å². The fourth-order valence-electron chi connectivity index (χ4n) is 2.70. The summed E-state index contributed by atoms with van der Waals surface area (Å²) in [5, 5.41) is 0. The van der Waals surface area contributed by atoms with E-state index in [1.54, 1.807) is 7.11 Å². The van der Waals surface area contributed by atoms with Gasteiger partial charge in [-0.25, -0.2) is 0 Å². The molecule has 1 aromatic rings. The molecule has 1 heterocycles. The molecule has 3 nitrogen and oxygen atoms in total. The Hall–Kier alpha value is -1.22. The number of fused-ring (bicyclic) bond motifs is 1. The summed E-state index contributed by atoms with van der Waals surface area (Å²) < 4.78 is 11.1. The Morgan fingerprint density at radius 2 is 2.29 bits per heavy atom. The molecule has 3 rings (SSSR count). The van der Waals surface area contributed by atoms with E-state index in [0.29, 0.717) is 5.92 Å². The van der Waals surface area contributed by atoms with Crippen molar-refractivity contribution in [1.82, 2.24) is 0 Å². The molecule has 0 saturated heterocycles. The van der Waals surface area contributed by atoms with Crippen LogP contribution in [0.25, 0.3) is 0 Å². The third-order valence-electron chi connectivity index (χ3n) is 3.93. The van der Waals surface area contributed by atoms with Crippen molar-refractivity contribution < 1.29 is 9.47 Å². The van der Waals surface area contributed by atoms with Crippen LogP contribution in [0.2, 0.25) is 0 Å². The fourth-order valence-corrected chi connectivity index (χ4v) is 2.70. The van der Waals surface area contributed by atoms with Gasteiger partial charge in [0.05, 0.1) is 13.7 Å². The van der Waals surface area contributed by atoms with E-state index in [9.17, 15) is 0 Å². The number of rotatable bonds is 3. The Morgan fingerprint density at radius 1 is 1.47 bits per heavy atom. The Kier molecular flexibility index (Phi) is 2.51. The SMILES string of the molecule is COc1cccc2c1OCCC2CC1(N)CC1. The highest BCUT2D eigenvalue weighted by atomic mass is 16.5. The van der Waals surface area contributed by atoms with Gasteiger partial charge in [0.15, 0.2) is 11.5 Å². The first-order valence-electron chi connectivity index (χ1n) is 6.30. The largest absolute Gasteiger partial charge is 0.493 e. The van der Waals surface area contributed by atoms with E-state index in [1.807, 2.05) is 12.1 Å². The van der Waals surface area contributed by atoms with Gasteiger partial charge in [-0.05, 0) is 37.7 Å². The molecule has 17 heavy (non-hydrogen) atoms. The van der Waals surface area contributed by atoms with E-state index in [4.69, 9.17) is 15.2 Å². The maximum Gasteiger partial charge on any atom is 0.164 e. The van der Waals surface area contributed by atoms with Crippen LogP contribution in [0, 0.1) is 0 Å². The Morgan fingerprint density at radius 3 is 3.00 bits per heavy atom. The van der Waals surface area contributed by atoms with Crippen molar-refractivity contribution in [1.29, 1.82) is 0 Å². The van der Waals surface area contributed by atoms with Gasteiger partial charge in [0.25, 0.3) is 0 Å². The van der Waals surface area contributed by atoms with E-state index < -0.39 is 0 Å². The van der Waals surface area contributed by atoms with Crippen LogP contribution in [0.1, 0.15) is 37.2 Å². The zero-order chi connectivity index (χ0) is 11.9. The van der Waals surface area contributed by atoms with Gasteiger partial charge >= 0.3 is 0 Å². The summed E-state index contributed by atoms with van der Waals surface area (Å²) in [6.45, 7) is 0.772. The molecular weight excluding hydrogens is 214 g/mol. The van der Waals surface area contributed by atoms with Crippen LogP contribution >= 0.6 is 0 Å². The normalized spacial score (nSPS) is 24.7. The first-order valence-corrected chi connectivity index (χ1v) is 6.30. The topological polar surface area (TPSA) is 44.5 Å². The van der Waals surface area contributed by atoms with E-state index in [-0.39, 0.29) is 5.54 Å². The maximum atomic E-state index is 6.23. The molecule has 0 aromatic heterocycles. The molecule has 1 aliphatic heterocycles. The molecule has 2 N–H and O–H groups in total. The highest BCUT2D eigenvalue weighted by Gasteiger charge is 2.41. The third kappa shape index (κ3) is 2.00. The zero-order valence-corrected chi connectivity index (χ0v) is 10.2. The van der Waals surface area contributed by atoms with Crippen LogP contribution in [0.15, 0.2) is 18.2 Å². The minimum atomic E-state index is 0.0996. The quantitative estimate of drug-likeness (QED) is 0.872. The zero-order valence-electron chi connectivity index (χ0n) is 10.2. The number of hydrogen-bond donors (Lipinski definition) is 1. The molecule has 0 spiro atoms. The van der Waals surface area contributed by atoms with Crippen molar-refractivity contribution >= 4 is 0 Å². The van der Waals surface area contributed by atoms with Gasteiger partial charge in [0.1, 0.15) is 0 Å². The second-order valence-corrected chi connectivity index (χ2v) is 5.28. The average molecular weight is 233 g/mol. The highest BCUT2D eigenvalue weighted by Crippen LogP contribution is 2.47. The lowest BCUT2D eigenvalue weighted by Crippen LogP contribution is -2.27. The third-order valence-corrected chi connectivity index (χ3v) is 3.93. The molecule has 1 unspecified atom stereocenters. The molecule has 0 radical (unpaired) electrons. The summed E-state index contributed by atoms with van der Waals surface area (Å²) >= 11 is 0. The summed E-state index contributed by atoms with van der Waals surface area (Å²) in [7, 11) is 1.69. The molecule has 2 aliphatic rings. The summed E-state index contributed by atoms with van der Waals surface area (Å²) in [6.07, 6.45) is 4.49. The van der Waals surface area contributed by atoms with E-state index in [1.165, 1.54) is 18.4 Å². The van der Waals surface area contributed by atoms with Gasteiger partial charge < -0.3 is 15.2 Å². The van der Waals surface area contributed by atoms with Crippen molar-refractivity contribution in [2.75, 3.05) is 13.7 Å². The monoisotopic (exact) mass is 233 g/mol. The highest BCUT2D eigenvalue weighted by molar-refractivity contribution is 5.49. The predicted molar refractivity (Wildman–Crippen MR) is 66.6 cm³/mol. The predicted octanol–water partition coefficient (Wildman–Crippen LogP) is 2.44. The van der Waals surface area contributed by atoms with Gasteiger partial charge in [-0.1, -0.05) is 12.1 Å². The molecule has 1 aliphatic carbocycles. The molecule has 1 fully saturated rings. The van der Waals surface area contributed by atoms with Crippen LogP contribution in [0.4, 0.5) is 0 Å². The lowest BCUT2D eigenvalue weighted by atomic mass is 9.86. The van der Waals surface area contributed by atoms with Gasteiger partial charge in [-0.2, -0.15) is 0 Å². The molecule has 92 valence electrons. The van der Waals surface area contributed by atoms with Crippen LogP contribution in [-0.2, 0) is 0 Å². The minimum absolute atomic E-state index is 0.0996. The number of ether oxygens (including phenoxy) is 2.